The molecule has 1 unspecified atom stereocenters. The number of aryl methyl sites for hydroxylation is 1. The Hall–Kier alpha value is -2.66. The Balaban J connectivity index is 1.58. The van der Waals surface area contributed by atoms with Crippen LogP contribution in [0, 0.1) is 12.7 Å². The fraction of sp³-hybridized carbons (Fsp3) is 0.286. The van der Waals surface area contributed by atoms with Crippen LogP contribution >= 0.6 is 0 Å². The number of fused-ring (bicyclic) bond motifs is 1. The predicted molar refractivity (Wildman–Crippen MR) is 101 cm³/mol. The molecule has 5 heteroatoms. The van der Waals surface area contributed by atoms with E-state index in [2.05, 4.69) is 21.7 Å². The van der Waals surface area contributed by atoms with Gasteiger partial charge in [-0.05, 0) is 61.7 Å². The van der Waals surface area contributed by atoms with Crippen molar-refractivity contribution >= 4 is 16.8 Å². The molecule has 0 aliphatic carbocycles. The molecule has 3 N–H and O–H groups in total. The summed E-state index contributed by atoms with van der Waals surface area (Å²) >= 11 is 0. The second-order valence-corrected chi connectivity index (χ2v) is 6.85. The zero-order valence-electron chi connectivity index (χ0n) is 14.7. The van der Waals surface area contributed by atoms with Crippen LogP contribution in [0.3, 0.4) is 0 Å². The van der Waals surface area contributed by atoms with E-state index in [-0.39, 0.29) is 17.8 Å². The number of H-pyrrole nitrogens is 1. The first-order chi connectivity index (χ1) is 12.6. The summed E-state index contributed by atoms with van der Waals surface area (Å²) in [5.74, 6) is -0.181. The Morgan fingerprint density at radius 3 is 2.88 bits per heavy atom. The van der Waals surface area contributed by atoms with Crippen molar-refractivity contribution in [3.8, 4) is 11.3 Å². The molecule has 0 saturated carbocycles. The van der Waals surface area contributed by atoms with Gasteiger partial charge in [-0.2, -0.15) is 0 Å². The maximum Gasteiger partial charge on any atom is 0.237 e. The number of rotatable bonds is 4. The summed E-state index contributed by atoms with van der Waals surface area (Å²) in [7, 11) is 0. The molecular weight excluding hydrogens is 329 g/mol. The zero-order valence-corrected chi connectivity index (χ0v) is 14.7. The van der Waals surface area contributed by atoms with E-state index in [1.807, 2.05) is 25.1 Å². The highest BCUT2D eigenvalue weighted by Gasteiger charge is 2.21. The van der Waals surface area contributed by atoms with Gasteiger partial charge < -0.3 is 15.6 Å². The van der Waals surface area contributed by atoms with Crippen molar-refractivity contribution in [1.82, 2.24) is 15.6 Å². The Bertz CT molecular complexity index is 957. The number of carbonyl (C=O) groups excluding carboxylic acids is 1. The molecule has 2 heterocycles. The maximum absolute atomic E-state index is 14.1. The minimum absolute atomic E-state index is 0.0560. The molecule has 1 aromatic heterocycles. The molecule has 1 amide bonds. The van der Waals surface area contributed by atoms with E-state index in [0.717, 1.165) is 47.1 Å². The highest BCUT2D eigenvalue weighted by Crippen LogP contribution is 2.31. The molecule has 26 heavy (non-hydrogen) atoms. The number of hydrogen-bond acceptors (Lipinski definition) is 2. The first kappa shape index (κ1) is 16.8. The molecule has 0 radical (unpaired) electrons. The maximum atomic E-state index is 14.1. The average Bonchev–Trinajstić information content (AvgIpc) is 3.29. The van der Waals surface area contributed by atoms with Crippen molar-refractivity contribution in [2.24, 2.45) is 0 Å². The predicted octanol–water partition coefficient (Wildman–Crippen LogP) is 3.65. The second-order valence-electron chi connectivity index (χ2n) is 6.85. The summed E-state index contributed by atoms with van der Waals surface area (Å²) in [6.07, 6.45) is 1.94. The normalized spacial score (nSPS) is 16.9. The summed E-state index contributed by atoms with van der Waals surface area (Å²) in [5, 5.41) is 7.26. The smallest absolute Gasteiger partial charge is 0.237 e. The van der Waals surface area contributed by atoms with Crippen LogP contribution in [0.5, 0.6) is 0 Å². The van der Waals surface area contributed by atoms with Gasteiger partial charge in [0.15, 0.2) is 0 Å². The summed E-state index contributed by atoms with van der Waals surface area (Å²) < 4.78 is 14.1. The van der Waals surface area contributed by atoms with Gasteiger partial charge in [0.1, 0.15) is 5.82 Å². The van der Waals surface area contributed by atoms with Gasteiger partial charge in [-0.3, -0.25) is 4.79 Å². The van der Waals surface area contributed by atoms with Gasteiger partial charge in [0, 0.05) is 23.0 Å². The van der Waals surface area contributed by atoms with Crippen molar-refractivity contribution in [1.29, 1.82) is 0 Å². The molecule has 4 nitrogen and oxygen atoms in total. The Kier molecular flexibility index (Phi) is 4.47. The lowest BCUT2D eigenvalue weighted by molar-refractivity contribution is -0.122. The van der Waals surface area contributed by atoms with Crippen molar-refractivity contribution in [3.05, 3.63) is 59.4 Å². The molecule has 0 spiro atoms. The molecule has 1 saturated heterocycles. The first-order valence-corrected chi connectivity index (χ1v) is 9.00. The Morgan fingerprint density at radius 1 is 1.27 bits per heavy atom. The van der Waals surface area contributed by atoms with Crippen LogP contribution in [0.15, 0.2) is 42.5 Å². The molecule has 1 fully saturated rings. The lowest BCUT2D eigenvalue weighted by Crippen LogP contribution is -2.39. The Morgan fingerprint density at radius 2 is 2.12 bits per heavy atom. The van der Waals surface area contributed by atoms with Crippen LogP contribution in [0.4, 0.5) is 4.39 Å². The topological polar surface area (TPSA) is 56.9 Å². The summed E-state index contributed by atoms with van der Waals surface area (Å²) in [4.78, 5) is 15.5. The molecular formula is C21H22FN3O. The number of aromatic nitrogens is 1. The zero-order chi connectivity index (χ0) is 18.1. The number of hydrogen-bond donors (Lipinski definition) is 3. The number of amides is 1. The molecule has 2 aromatic carbocycles. The lowest BCUT2D eigenvalue weighted by atomic mass is 10.0. The van der Waals surface area contributed by atoms with Gasteiger partial charge in [-0.15, -0.1) is 0 Å². The van der Waals surface area contributed by atoms with Crippen molar-refractivity contribution in [2.45, 2.75) is 32.4 Å². The second kappa shape index (κ2) is 6.92. The molecule has 0 bridgehead atoms. The lowest BCUT2D eigenvalue weighted by Gasteiger charge is -2.11. The fourth-order valence-electron chi connectivity index (χ4n) is 3.64. The summed E-state index contributed by atoms with van der Waals surface area (Å²) in [6.45, 7) is 3.39. The third-order valence-corrected chi connectivity index (χ3v) is 5.11. The van der Waals surface area contributed by atoms with E-state index in [0.29, 0.717) is 12.1 Å². The molecule has 3 aromatic rings. The van der Waals surface area contributed by atoms with Crippen molar-refractivity contribution in [3.63, 3.8) is 0 Å². The van der Waals surface area contributed by atoms with E-state index in [4.69, 9.17) is 0 Å². The largest absolute Gasteiger partial charge is 0.354 e. The summed E-state index contributed by atoms with van der Waals surface area (Å²) in [6, 6.07) is 12.8. The molecule has 1 aliphatic rings. The third-order valence-electron chi connectivity index (χ3n) is 5.11. The quantitative estimate of drug-likeness (QED) is 0.672. The van der Waals surface area contributed by atoms with Crippen LogP contribution < -0.4 is 10.6 Å². The minimum Gasteiger partial charge on any atom is -0.354 e. The molecule has 134 valence electrons. The Labute approximate surface area is 151 Å². The highest BCUT2D eigenvalue weighted by atomic mass is 19.1. The van der Waals surface area contributed by atoms with E-state index in [9.17, 15) is 9.18 Å². The van der Waals surface area contributed by atoms with Crippen molar-refractivity contribution < 1.29 is 9.18 Å². The van der Waals surface area contributed by atoms with Gasteiger partial charge in [0.2, 0.25) is 5.91 Å². The van der Waals surface area contributed by atoms with Gasteiger partial charge in [-0.1, -0.05) is 18.2 Å². The first-order valence-electron chi connectivity index (χ1n) is 9.00. The van der Waals surface area contributed by atoms with E-state index >= 15 is 0 Å². The van der Waals surface area contributed by atoms with E-state index in [1.54, 1.807) is 12.1 Å². The minimum atomic E-state index is -0.237. The monoisotopic (exact) mass is 351 g/mol. The SMILES string of the molecule is Cc1c(-c2ccccc2F)[nH]c2ccc(CNC(=O)C3CCCN3)cc12. The number of aromatic amines is 1. The third kappa shape index (κ3) is 3.10. The number of halogens is 1. The van der Waals surface area contributed by atoms with Gasteiger partial charge >= 0.3 is 0 Å². The fourth-order valence-corrected chi connectivity index (χ4v) is 3.64. The average molecular weight is 351 g/mol. The van der Waals surface area contributed by atoms with Crippen LogP contribution in [0.1, 0.15) is 24.0 Å². The van der Waals surface area contributed by atoms with Crippen LogP contribution in [0.25, 0.3) is 22.2 Å². The highest BCUT2D eigenvalue weighted by molar-refractivity contribution is 5.91. The van der Waals surface area contributed by atoms with Crippen LogP contribution in [-0.4, -0.2) is 23.5 Å². The number of benzene rings is 2. The van der Waals surface area contributed by atoms with E-state index in [1.165, 1.54) is 6.07 Å². The van der Waals surface area contributed by atoms with Crippen LogP contribution in [0.2, 0.25) is 0 Å². The van der Waals surface area contributed by atoms with Gasteiger partial charge in [0.05, 0.1) is 11.7 Å². The van der Waals surface area contributed by atoms with Gasteiger partial charge in [-0.25, -0.2) is 4.39 Å². The summed E-state index contributed by atoms with van der Waals surface area (Å²) in [5.41, 5.74) is 4.38. The molecule has 4 rings (SSSR count). The van der Waals surface area contributed by atoms with E-state index < -0.39 is 0 Å². The number of carbonyl (C=O) groups is 1. The van der Waals surface area contributed by atoms with Crippen molar-refractivity contribution in [2.75, 3.05) is 6.54 Å². The number of nitrogens with one attached hydrogen (secondary N) is 3. The van der Waals surface area contributed by atoms with Gasteiger partial charge in [0.25, 0.3) is 0 Å². The standard InChI is InChI=1S/C21H22FN3O/c1-13-16-11-14(12-24-21(26)19-7-4-10-23-19)8-9-18(16)25-20(13)15-5-2-3-6-17(15)22/h2-3,5-6,8-9,11,19,23,25H,4,7,10,12H2,1H3,(H,24,26). The molecule has 1 aliphatic heterocycles. The van der Waals surface area contributed by atoms with Crippen LogP contribution in [-0.2, 0) is 11.3 Å². The molecule has 1 atom stereocenters.